The largest absolute Gasteiger partial charge is 0.476 e. The molecule has 0 aromatic heterocycles. The Bertz CT molecular complexity index is 1120. The van der Waals surface area contributed by atoms with Crippen LogP contribution in [0.3, 0.4) is 0 Å². The summed E-state index contributed by atoms with van der Waals surface area (Å²) in [5.41, 5.74) is 1.13. The summed E-state index contributed by atoms with van der Waals surface area (Å²) >= 11 is 13.6. The minimum Gasteiger partial charge on any atom is -0.476 e. The summed E-state index contributed by atoms with van der Waals surface area (Å²) < 4.78 is 10.8. The van der Waals surface area contributed by atoms with Crippen molar-refractivity contribution in [3.63, 3.8) is 0 Å². The van der Waals surface area contributed by atoms with Crippen LogP contribution in [0.1, 0.15) is 43.1 Å². The first-order valence-corrected chi connectivity index (χ1v) is 11.8. The van der Waals surface area contributed by atoms with Crippen LogP contribution in [0, 0.1) is 23.2 Å². The van der Waals surface area contributed by atoms with Gasteiger partial charge >= 0.3 is 5.97 Å². The fourth-order valence-electron chi connectivity index (χ4n) is 4.35. The monoisotopic (exact) mass is 498 g/mol. The third kappa shape index (κ3) is 5.64. The van der Waals surface area contributed by atoms with E-state index >= 15 is 0 Å². The first-order valence-electron chi connectivity index (χ1n) is 11.1. The highest BCUT2D eigenvalue weighted by Gasteiger charge is 2.45. The smallest absolute Gasteiger partial charge is 0.337 e. The number of ether oxygens (including phenoxy) is 2. The van der Waals surface area contributed by atoms with Crippen LogP contribution in [0.5, 0.6) is 5.75 Å². The molecule has 1 aliphatic carbocycles. The third-order valence-electron chi connectivity index (χ3n) is 5.63. The second kappa shape index (κ2) is 11.1. The molecule has 0 aliphatic heterocycles. The number of allylic oxidation sites excluding steroid dienone is 2. The van der Waals surface area contributed by atoms with Gasteiger partial charge in [0.2, 0.25) is 0 Å². The Labute approximate surface area is 211 Å². The number of benzene rings is 2. The number of rotatable bonds is 8. The Kier molecular flexibility index (Phi) is 8.43. The first kappa shape index (κ1) is 25.8. The molecule has 0 saturated heterocycles. The molecule has 0 spiro atoms. The maximum Gasteiger partial charge on any atom is 0.337 e. The fourth-order valence-corrected chi connectivity index (χ4v) is 5.26. The van der Waals surface area contributed by atoms with E-state index in [1.165, 1.54) is 7.11 Å². The summed E-state index contributed by atoms with van der Waals surface area (Å²) in [6.45, 7) is 6.03. The Morgan fingerprint density at radius 2 is 1.76 bits per heavy atom. The number of nitrogens with zero attached hydrogens (tertiary/aromatic N) is 1. The van der Waals surface area contributed by atoms with Crippen molar-refractivity contribution in [3.8, 4) is 11.8 Å². The van der Waals surface area contributed by atoms with E-state index in [9.17, 15) is 10.1 Å². The number of carbonyl (C=O) groups is 1. The minimum atomic E-state index is -0.833. The second-order valence-corrected chi connectivity index (χ2v) is 9.52. The topological polar surface area (TPSA) is 71.3 Å². The van der Waals surface area contributed by atoms with Crippen LogP contribution in [-0.2, 0) is 4.74 Å². The van der Waals surface area contributed by atoms with Gasteiger partial charge in [0.15, 0.2) is 0 Å². The van der Waals surface area contributed by atoms with Crippen LogP contribution in [-0.4, -0.2) is 24.8 Å². The Morgan fingerprint density at radius 1 is 1.12 bits per heavy atom. The van der Waals surface area contributed by atoms with Gasteiger partial charge in [0.1, 0.15) is 17.9 Å². The molecule has 3 rings (SSSR count). The predicted molar refractivity (Wildman–Crippen MR) is 135 cm³/mol. The highest BCUT2D eigenvalue weighted by Crippen LogP contribution is 2.46. The number of hydrogen-bond acceptors (Lipinski definition) is 5. The average Bonchev–Trinajstić information content (AvgIpc) is 2.79. The van der Waals surface area contributed by atoms with Crippen LogP contribution in [0.2, 0.25) is 0 Å². The van der Waals surface area contributed by atoms with Gasteiger partial charge < -0.3 is 9.47 Å². The highest BCUT2D eigenvalue weighted by molar-refractivity contribution is 6.42. The number of carbonyl (C=O) groups excluding carboxylic acids is 1. The number of esters is 1. The number of halogens is 2. The van der Waals surface area contributed by atoms with Gasteiger partial charge in [0.05, 0.1) is 24.3 Å². The Morgan fingerprint density at radius 3 is 2.32 bits per heavy atom. The summed E-state index contributed by atoms with van der Waals surface area (Å²) in [4.78, 5) is 11.7. The van der Waals surface area contributed by atoms with Gasteiger partial charge in [-0.05, 0) is 55.2 Å². The van der Waals surface area contributed by atoms with E-state index in [1.54, 1.807) is 24.3 Å². The van der Waals surface area contributed by atoms with Crippen LogP contribution < -0.4 is 10.1 Å². The molecular weight excluding hydrogens is 471 g/mol. The van der Waals surface area contributed by atoms with Crippen LogP contribution in [0.25, 0.3) is 5.57 Å². The zero-order valence-corrected chi connectivity index (χ0v) is 21.2. The van der Waals surface area contributed by atoms with Crippen molar-refractivity contribution >= 4 is 34.7 Å². The van der Waals surface area contributed by atoms with Crippen molar-refractivity contribution in [3.05, 3.63) is 81.9 Å². The van der Waals surface area contributed by atoms with Gasteiger partial charge in [-0.3, -0.25) is 5.32 Å². The summed E-state index contributed by atoms with van der Waals surface area (Å²) in [6.07, 6.45) is 2.04. The zero-order chi connectivity index (χ0) is 24.9. The molecule has 178 valence electrons. The molecular formula is C27H28Cl2N2O3. The number of nitrogens with one attached hydrogen (secondary N) is 1. The quantitative estimate of drug-likeness (QED) is 0.332. The molecule has 0 heterocycles. The minimum absolute atomic E-state index is 0.248. The molecule has 0 saturated carbocycles. The zero-order valence-electron chi connectivity index (χ0n) is 19.6. The molecule has 5 nitrogen and oxygen atoms in total. The molecule has 1 aliphatic rings. The third-order valence-corrected chi connectivity index (χ3v) is 6.33. The van der Waals surface area contributed by atoms with Gasteiger partial charge in [0, 0.05) is 15.6 Å². The van der Waals surface area contributed by atoms with E-state index < -0.39 is 23.7 Å². The molecule has 34 heavy (non-hydrogen) atoms. The molecule has 0 bridgehead atoms. The Hall–Kier alpha value is -2.78. The molecule has 2 aromatic carbocycles. The maximum atomic E-state index is 11.7. The SMILES string of the molecule is COC(=O)c1ccc(OC(C)NC2(CC(C)C)C=C(Cl)C(c3ccccc3)=C(Cl)C2C#N)cc1. The predicted octanol–water partition coefficient (Wildman–Crippen LogP) is 6.50. The number of methoxy groups -OCH3 is 1. The standard InChI is InChI=1S/C27H28Cl2N2O3/c1-17(2)14-27(31-18(3)34-21-12-10-20(11-13-21)26(32)33-4)15-23(28)24(25(29)22(27)16-30)19-8-6-5-7-9-19/h5-13,15,17-18,22,31H,14H2,1-4H3. The number of nitriles is 1. The second-order valence-electron chi connectivity index (χ2n) is 8.70. The lowest BCUT2D eigenvalue weighted by molar-refractivity contribution is 0.0600. The van der Waals surface area contributed by atoms with Gasteiger partial charge in [-0.1, -0.05) is 67.4 Å². The van der Waals surface area contributed by atoms with E-state index in [0.717, 1.165) is 5.56 Å². The average molecular weight is 499 g/mol. The van der Waals surface area contributed by atoms with Gasteiger partial charge in [0.25, 0.3) is 0 Å². The molecule has 0 amide bonds. The lowest BCUT2D eigenvalue weighted by Crippen LogP contribution is -2.56. The van der Waals surface area contributed by atoms with Crippen molar-refractivity contribution in [2.45, 2.75) is 39.0 Å². The van der Waals surface area contributed by atoms with Crippen molar-refractivity contribution in [1.82, 2.24) is 5.32 Å². The van der Waals surface area contributed by atoms with Crippen LogP contribution in [0.15, 0.2) is 70.7 Å². The molecule has 7 heteroatoms. The van der Waals surface area contributed by atoms with Crippen molar-refractivity contribution in [1.29, 1.82) is 5.26 Å². The number of hydrogen-bond donors (Lipinski definition) is 1. The first-order chi connectivity index (χ1) is 16.2. The lowest BCUT2D eigenvalue weighted by atomic mass is 9.73. The molecule has 0 fully saturated rings. The van der Waals surface area contributed by atoms with Crippen molar-refractivity contribution in [2.24, 2.45) is 11.8 Å². The van der Waals surface area contributed by atoms with E-state index in [4.69, 9.17) is 32.7 Å². The summed E-state index contributed by atoms with van der Waals surface area (Å²) in [5, 5.41) is 14.6. The molecule has 3 unspecified atom stereocenters. The van der Waals surface area contributed by atoms with E-state index in [2.05, 4.69) is 25.2 Å². The van der Waals surface area contributed by atoms with Crippen LogP contribution in [0.4, 0.5) is 0 Å². The fraction of sp³-hybridized carbons (Fsp3) is 0.333. The van der Waals surface area contributed by atoms with E-state index in [0.29, 0.717) is 33.4 Å². The van der Waals surface area contributed by atoms with E-state index in [1.807, 2.05) is 43.3 Å². The molecule has 3 atom stereocenters. The summed E-state index contributed by atoms with van der Waals surface area (Å²) in [7, 11) is 1.34. The highest BCUT2D eigenvalue weighted by atomic mass is 35.5. The molecule has 2 aromatic rings. The van der Waals surface area contributed by atoms with E-state index in [-0.39, 0.29) is 5.92 Å². The molecule has 0 radical (unpaired) electrons. The summed E-state index contributed by atoms with van der Waals surface area (Å²) in [6, 6.07) is 18.7. The normalized spacial score (nSPS) is 21.0. The maximum absolute atomic E-state index is 11.7. The van der Waals surface area contributed by atoms with Crippen molar-refractivity contribution in [2.75, 3.05) is 7.11 Å². The molecule has 1 N–H and O–H groups in total. The van der Waals surface area contributed by atoms with Gasteiger partial charge in [-0.15, -0.1) is 0 Å². The van der Waals surface area contributed by atoms with Crippen LogP contribution >= 0.6 is 23.2 Å². The van der Waals surface area contributed by atoms with Crippen molar-refractivity contribution < 1.29 is 14.3 Å². The van der Waals surface area contributed by atoms with Gasteiger partial charge in [-0.25, -0.2) is 4.79 Å². The Balaban J connectivity index is 1.91. The summed E-state index contributed by atoms with van der Waals surface area (Å²) in [5.74, 6) is -0.262. The lowest BCUT2D eigenvalue weighted by Gasteiger charge is -2.42. The van der Waals surface area contributed by atoms with Gasteiger partial charge in [-0.2, -0.15) is 5.26 Å².